The predicted octanol–water partition coefficient (Wildman–Crippen LogP) is 4.35. The van der Waals surface area contributed by atoms with Crippen LogP contribution in [0, 0.1) is 13.8 Å². The molecule has 20 heavy (non-hydrogen) atoms. The Morgan fingerprint density at radius 3 is 2.55 bits per heavy atom. The van der Waals surface area contributed by atoms with E-state index in [2.05, 4.69) is 15.3 Å². The van der Waals surface area contributed by atoms with Crippen LogP contribution >= 0.6 is 11.3 Å². The van der Waals surface area contributed by atoms with Crippen LogP contribution in [0.1, 0.15) is 34.1 Å². The highest BCUT2D eigenvalue weighted by Gasteiger charge is 2.34. The molecule has 0 bridgehead atoms. The molecule has 1 atom stereocenters. The molecule has 2 aromatic heterocycles. The highest BCUT2D eigenvalue weighted by Crippen LogP contribution is 2.35. The summed E-state index contributed by atoms with van der Waals surface area (Å²) in [5.74, 6) is -0.155. The zero-order valence-corrected chi connectivity index (χ0v) is 12.1. The summed E-state index contributed by atoms with van der Waals surface area (Å²) in [6.07, 6.45) is -3.08. The Bertz CT molecular complexity index is 607. The van der Waals surface area contributed by atoms with Gasteiger partial charge in [-0.3, -0.25) is 0 Å². The molecule has 0 saturated heterocycles. The second-order valence-corrected chi connectivity index (χ2v) is 5.68. The number of halogens is 3. The van der Waals surface area contributed by atoms with Gasteiger partial charge in [-0.15, -0.1) is 11.3 Å². The molecule has 1 unspecified atom stereocenters. The van der Waals surface area contributed by atoms with Crippen molar-refractivity contribution in [2.45, 2.75) is 33.0 Å². The molecule has 2 aromatic rings. The van der Waals surface area contributed by atoms with Crippen molar-refractivity contribution in [3.05, 3.63) is 39.5 Å². The fraction of sp³-hybridized carbons (Fsp3) is 0.385. The highest BCUT2D eigenvalue weighted by molar-refractivity contribution is 7.11. The first kappa shape index (κ1) is 14.8. The van der Waals surface area contributed by atoms with Crippen LogP contribution < -0.4 is 5.32 Å². The quantitative estimate of drug-likeness (QED) is 0.916. The van der Waals surface area contributed by atoms with E-state index in [-0.39, 0.29) is 11.9 Å². The second kappa shape index (κ2) is 5.40. The van der Waals surface area contributed by atoms with Gasteiger partial charge in [0.2, 0.25) is 0 Å². The summed E-state index contributed by atoms with van der Waals surface area (Å²) in [6.45, 7) is 5.52. The summed E-state index contributed by atoms with van der Waals surface area (Å²) in [6, 6.07) is 2.02. The molecule has 1 N–H and O–H groups in total. The molecule has 108 valence electrons. The third kappa shape index (κ3) is 3.09. The average Bonchev–Trinajstić information content (AvgIpc) is 2.68. The topological polar surface area (TPSA) is 37.8 Å². The lowest BCUT2D eigenvalue weighted by Crippen LogP contribution is -2.14. The van der Waals surface area contributed by atoms with E-state index >= 15 is 0 Å². The molecule has 0 aliphatic rings. The molecule has 2 rings (SSSR count). The molecular formula is C13H14F3N3S. The molecule has 0 fully saturated rings. The zero-order chi connectivity index (χ0) is 14.9. The van der Waals surface area contributed by atoms with Crippen LogP contribution in [-0.4, -0.2) is 9.97 Å². The maximum Gasteiger partial charge on any atom is 0.419 e. The van der Waals surface area contributed by atoms with Crippen molar-refractivity contribution in [2.75, 3.05) is 5.32 Å². The summed E-state index contributed by atoms with van der Waals surface area (Å²) in [7, 11) is 0. The minimum Gasteiger partial charge on any atom is -0.362 e. The number of aromatic nitrogens is 2. The number of aryl methyl sites for hydroxylation is 2. The van der Waals surface area contributed by atoms with Crippen LogP contribution in [0.3, 0.4) is 0 Å². The Morgan fingerprint density at radius 1 is 1.30 bits per heavy atom. The Kier molecular flexibility index (Phi) is 3.99. The zero-order valence-electron chi connectivity index (χ0n) is 11.2. The number of anilines is 1. The molecule has 0 amide bonds. The van der Waals surface area contributed by atoms with E-state index in [0.717, 1.165) is 21.6 Å². The number of rotatable bonds is 3. The molecule has 0 aliphatic carbocycles. The van der Waals surface area contributed by atoms with Crippen molar-refractivity contribution >= 4 is 17.2 Å². The summed E-state index contributed by atoms with van der Waals surface area (Å²) < 4.78 is 38.7. The van der Waals surface area contributed by atoms with Crippen molar-refractivity contribution in [3.63, 3.8) is 0 Å². The first-order chi connectivity index (χ1) is 9.29. The number of thiazole rings is 1. The van der Waals surface area contributed by atoms with Crippen LogP contribution in [0.15, 0.2) is 18.3 Å². The molecule has 0 radical (unpaired) electrons. The number of nitrogens with one attached hydrogen (secondary N) is 1. The smallest absolute Gasteiger partial charge is 0.362 e. The number of nitrogens with zero attached hydrogens (tertiary/aromatic N) is 2. The van der Waals surface area contributed by atoms with Gasteiger partial charge in [-0.25, -0.2) is 9.97 Å². The van der Waals surface area contributed by atoms with E-state index in [1.807, 2.05) is 13.8 Å². The maximum absolute atomic E-state index is 12.9. The molecule has 3 nitrogen and oxygen atoms in total. The summed E-state index contributed by atoms with van der Waals surface area (Å²) in [5.41, 5.74) is 0.0720. The third-order valence-corrected chi connectivity index (χ3v) is 4.05. The highest BCUT2D eigenvalue weighted by atomic mass is 32.1. The van der Waals surface area contributed by atoms with Crippen LogP contribution in [0.5, 0.6) is 0 Å². The Labute approximate surface area is 118 Å². The van der Waals surface area contributed by atoms with Gasteiger partial charge in [0.25, 0.3) is 0 Å². The fourth-order valence-corrected chi connectivity index (χ4v) is 2.90. The monoisotopic (exact) mass is 301 g/mol. The Morgan fingerprint density at radius 2 is 2.00 bits per heavy atom. The minimum absolute atomic E-state index is 0.155. The van der Waals surface area contributed by atoms with Gasteiger partial charge in [-0.1, -0.05) is 0 Å². The largest absolute Gasteiger partial charge is 0.419 e. The van der Waals surface area contributed by atoms with Crippen LogP contribution in [0.4, 0.5) is 19.0 Å². The van der Waals surface area contributed by atoms with Gasteiger partial charge >= 0.3 is 6.18 Å². The van der Waals surface area contributed by atoms with Crippen molar-refractivity contribution in [2.24, 2.45) is 0 Å². The van der Waals surface area contributed by atoms with Gasteiger partial charge in [0.15, 0.2) is 0 Å². The molecule has 7 heteroatoms. The fourth-order valence-electron chi connectivity index (χ4n) is 1.97. The van der Waals surface area contributed by atoms with Crippen LogP contribution in [-0.2, 0) is 6.18 Å². The number of hydrogen-bond donors (Lipinski definition) is 1. The second-order valence-electron chi connectivity index (χ2n) is 4.45. The van der Waals surface area contributed by atoms with E-state index < -0.39 is 11.7 Å². The lowest BCUT2D eigenvalue weighted by atomic mass is 10.2. The number of pyridine rings is 1. The average molecular weight is 301 g/mol. The minimum atomic E-state index is -4.42. The van der Waals surface area contributed by atoms with Crippen molar-refractivity contribution < 1.29 is 13.2 Å². The Balaban J connectivity index is 2.29. The standard InChI is InChI=1S/C13H14F3N3S/c1-7-11(20-9(3)18-7)8(2)19-12-10(13(14,15)16)5-4-6-17-12/h4-6,8H,1-3H3,(H,17,19). The number of hydrogen-bond acceptors (Lipinski definition) is 4. The van der Waals surface area contributed by atoms with E-state index in [1.165, 1.54) is 23.6 Å². The van der Waals surface area contributed by atoms with Gasteiger partial charge in [0.1, 0.15) is 5.82 Å². The van der Waals surface area contributed by atoms with Gasteiger partial charge in [0.05, 0.1) is 22.3 Å². The molecular weight excluding hydrogens is 287 g/mol. The van der Waals surface area contributed by atoms with Gasteiger partial charge in [-0.05, 0) is 32.9 Å². The predicted molar refractivity (Wildman–Crippen MR) is 72.9 cm³/mol. The normalized spacial score (nSPS) is 13.3. The lowest BCUT2D eigenvalue weighted by Gasteiger charge is -2.17. The first-order valence-electron chi connectivity index (χ1n) is 6.01. The van der Waals surface area contributed by atoms with Gasteiger partial charge < -0.3 is 5.32 Å². The Hall–Kier alpha value is -1.63. The summed E-state index contributed by atoms with van der Waals surface area (Å²) >= 11 is 1.47. The van der Waals surface area contributed by atoms with E-state index in [9.17, 15) is 13.2 Å². The van der Waals surface area contributed by atoms with Gasteiger partial charge in [0, 0.05) is 11.1 Å². The van der Waals surface area contributed by atoms with E-state index in [0.29, 0.717) is 0 Å². The summed E-state index contributed by atoms with van der Waals surface area (Å²) in [5, 5.41) is 3.72. The van der Waals surface area contributed by atoms with Crippen molar-refractivity contribution in [1.29, 1.82) is 0 Å². The van der Waals surface area contributed by atoms with E-state index in [1.54, 1.807) is 6.92 Å². The first-order valence-corrected chi connectivity index (χ1v) is 6.83. The lowest BCUT2D eigenvalue weighted by molar-refractivity contribution is -0.137. The molecule has 0 spiro atoms. The molecule has 0 saturated carbocycles. The maximum atomic E-state index is 12.9. The molecule has 0 aromatic carbocycles. The van der Waals surface area contributed by atoms with Crippen LogP contribution in [0.2, 0.25) is 0 Å². The van der Waals surface area contributed by atoms with Crippen molar-refractivity contribution in [1.82, 2.24) is 9.97 Å². The summed E-state index contributed by atoms with van der Waals surface area (Å²) in [4.78, 5) is 9.00. The third-order valence-electron chi connectivity index (χ3n) is 2.80. The number of alkyl halides is 3. The molecule has 0 aliphatic heterocycles. The SMILES string of the molecule is Cc1nc(C)c(C(C)Nc2ncccc2C(F)(F)F)s1. The van der Waals surface area contributed by atoms with Crippen LogP contribution in [0.25, 0.3) is 0 Å². The van der Waals surface area contributed by atoms with Gasteiger partial charge in [-0.2, -0.15) is 13.2 Å². The van der Waals surface area contributed by atoms with Crippen molar-refractivity contribution in [3.8, 4) is 0 Å². The van der Waals surface area contributed by atoms with E-state index in [4.69, 9.17) is 0 Å². The molecule has 2 heterocycles.